The number of carbonyl (C=O) groups excluding carboxylic acids is 1. The molecule has 2 rings (SSSR count). The van der Waals surface area contributed by atoms with Crippen molar-refractivity contribution in [1.82, 2.24) is 4.90 Å². The highest BCUT2D eigenvalue weighted by atomic mass is 16.4. The highest BCUT2D eigenvalue weighted by Crippen LogP contribution is 2.20. The molecule has 0 aliphatic carbocycles. The Hall–Kier alpha value is -1.78. The summed E-state index contributed by atoms with van der Waals surface area (Å²) in [6.07, 6.45) is 3.89. The number of aliphatic carboxylic acids is 1. The molecule has 0 spiro atoms. The molecule has 1 N–H and O–H groups in total. The van der Waals surface area contributed by atoms with Crippen LogP contribution in [0.15, 0.2) is 16.5 Å². The van der Waals surface area contributed by atoms with Crippen molar-refractivity contribution in [3.8, 4) is 0 Å². The SMILES string of the molecule is CCc1ccc(C(=O)N2CCCCCC2C(=O)O)o1. The molecule has 1 aromatic heterocycles. The third-order valence-electron chi connectivity index (χ3n) is 3.52. The second-order valence-electron chi connectivity index (χ2n) is 4.82. The summed E-state index contributed by atoms with van der Waals surface area (Å²) >= 11 is 0. The number of rotatable bonds is 3. The number of amides is 1. The summed E-state index contributed by atoms with van der Waals surface area (Å²) in [5.74, 6) is -0.262. The molecule has 2 heterocycles. The third kappa shape index (κ3) is 2.97. The fraction of sp³-hybridized carbons (Fsp3) is 0.571. The summed E-state index contributed by atoms with van der Waals surface area (Å²) in [6, 6.07) is 2.66. The van der Waals surface area contributed by atoms with E-state index < -0.39 is 12.0 Å². The molecule has 1 atom stereocenters. The van der Waals surface area contributed by atoms with Crippen LogP contribution < -0.4 is 0 Å². The molecule has 1 aliphatic rings. The number of hydrogen-bond acceptors (Lipinski definition) is 3. The van der Waals surface area contributed by atoms with Gasteiger partial charge in [0.15, 0.2) is 5.76 Å². The molecule has 0 aromatic carbocycles. The Labute approximate surface area is 112 Å². The molecular weight excluding hydrogens is 246 g/mol. The number of carbonyl (C=O) groups is 2. The quantitative estimate of drug-likeness (QED) is 0.910. The van der Waals surface area contributed by atoms with Crippen LogP contribution in [0.1, 0.15) is 48.9 Å². The Kier molecular flexibility index (Phi) is 4.24. The van der Waals surface area contributed by atoms with Crippen molar-refractivity contribution in [2.45, 2.75) is 45.1 Å². The first-order valence-corrected chi connectivity index (χ1v) is 6.76. The van der Waals surface area contributed by atoms with Gasteiger partial charge in [-0.25, -0.2) is 4.79 Å². The Morgan fingerprint density at radius 2 is 2.16 bits per heavy atom. The van der Waals surface area contributed by atoms with E-state index >= 15 is 0 Å². The lowest BCUT2D eigenvalue weighted by molar-refractivity contribution is -0.142. The van der Waals surface area contributed by atoms with Gasteiger partial charge in [-0.3, -0.25) is 4.79 Å². The Balaban J connectivity index is 2.20. The van der Waals surface area contributed by atoms with Crippen molar-refractivity contribution in [3.63, 3.8) is 0 Å². The van der Waals surface area contributed by atoms with Crippen LogP contribution in [0.25, 0.3) is 0 Å². The van der Waals surface area contributed by atoms with Gasteiger partial charge in [-0.15, -0.1) is 0 Å². The maximum atomic E-state index is 12.4. The summed E-state index contributed by atoms with van der Waals surface area (Å²) in [4.78, 5) is 25.1. The molecule has 1 unspecified atom stereocenters. The van der Waals surface area contributed by atoms with E-state index in [4.69, 9.17) is 4.42 Å². The zero-order chi connectivity index (χ0) is 13.8. The van der Waals surface area contributed by atoms with Crippen LogP contribution in [0.3, 0.4) is 0 Å². The lowest BCUT2D eigenvalue weighted by atomic mass is 10.1. The predicted molar refractivity (Wildman–Crippen MR) is 69.0 cm³/mol. The smallest absolute Gasteiger partial charge is 0.326 e. The van der Waals surface area contributed by atoms with Crippen LogP contribution in [0.5, 0.6) is 0 Å². The first-order chi connectivity index (χ1) is 9.13. The minimum Gasteiger partial charge on any atom is -0.480 e. The predicted octanol–water partition coefficient (Wildman–Crippen LogP) is 2.31. The minimum atomic E-state index is -0.933. The zero-order valence-corrected chi connectivity index (χ0v) is 11.1. The number of nitrogens with zero attached hydrogens (tertiary/aromatic N) is 1. The van der Waals surface area contributed by atoms with Gasteiger partial charge in [0.1, 0.15) is 11.8 Å². The molecule has 0 saturated carbocycles. The van der Waals surface area contributed by atoms with E-state index in [1.807, 2.05) is 6.92 Å². The number of likely N-dealkylation sites (tertiary alicyclic amines) is 1. The van der Waals surface area contributed by atoms with Crippen molar-refractivity contribution in [2.24, 2.45) is 0 Å². The van der Waals surface area contributed by atoms with Gasteiger partial charge in [-0.2, -0.15) is 0 Å². The van der Waals surface area contributed by atoms with E-state index in [1.54, 1.807) is 12.1 Å². The highest BCUT2D eigenvalue weighted by Gasteiger charge is 2.32. The topological polar surface area (TPSA) is 70.8 Å². The first-order valence-electron chi connectivity index (χ1n) is 6.76. The number of carboxylic acids is 1. The normalized spacial score (nSPS) is 20.1. The third-order valence-corrected chi connectivity index (χ3v) is 3.52. The second-order valence-corrected chi connectivity index (χ2v) is 4.82. The van der Waals surface area contributed by atoms with Crippen molar-refractivity contribution in [2.75, 3.05) is 6.54 Å². The van der Waals surface area contributed by atoms with E-state index in [9.17, 15) is 14.7 Å². The van der Waals surface area contributed by atoms with Gasteiger partial charge >= 0.3 is 5.97 Å². The molecule has 0 radical (unpaired) electrons. The van der Waals surface area contributed by atoms with Crippen LogP contribution in [-0.4, -0.2) is 34.5 Å². The monoisotopic (exact) mass is 265 g/mol. The molecule has 1 fully saturated rings. The van der Waals surface area contributed by atoms with Crippen molar-refractivity contribution >= 4 is 11.9 Å². The Morgan fingerprint density at radius 1 is 1.37 bits per heavy atom. The van der Waals surface area contributed by atoms with E-state index in [0.29, 0.717) is 13.0 Å². The molecule has 5 heteroatoms. The summed E-state index contributed by atoms with van der Waals surface area (Å²) in [7, 11) is 0. The largest absolute Gasteiger partial charge is 0.480 e. The number of carboxylic acid groups (broad SMARTS) is 1. The van der Waals surface area contributed by atoms with Crippen molar-refractivity contribution in [1.29, 1.82) is 0 Å². The summed E-state index contributed by atoms with van der Waals surface area (Å²) < 4.78 is 5.43. The van der Waals surface area contributed by atoms with Gasteiger partial charge in [0.25, 0.3) is 5.91 Å². The zero-order valence-electron chi connectivity index (χ0n) is 11.1. The van der Waals surface area contributed by atoms with Crippen LogP contribution in [-0.2, 0) is 11.2 Å². The molecule has 104 valence electrons. The standard InChI is InChI=1S/C14H19NO4/c1-2-10-7-8-12(19-10)13(16)15-9-5-3-4-6-11(15)14(17)18/h7-8,11H,2-6,9H2,1H3,(H,17,18). The average Bonchev–Trinajstić information content (AvgIpc) is 2.74. The molecule has 1 aliphatic heterocycles. The maximum Gasteiger partial charge on any atom is 0.326 e. The number of furan rings is 1. The fourth-order valence-electron chi connectivity index (χ4n) is 2.43. The average molecular weight is 265 g/mol. The lowest BCUT2D eigenvalue weighted by Crippen LogP contribution is -2.44. The molecule has 1 saturated heterocycles. The van der Waals surface area contributed by atoms with Gasteiger partial charge < -0.3 is 14.4 Å². The molecule has 0 bridgehead atoms. The summed E-state index contributed by atoms with van der Waals surface area (Å²) in [5, 5.41) is 9.26. The van der Waals surface area contributed by atoms with Gasteiger partial charge in [-0.05, 0) is 25.0 Å². The van der Waals surface area contributed by atoms with Gasteiger partial charge in [0.2, 0.25) is 0 Å². The van der Waals surface area contributed by atoms with Crippen LogP contribution >= 0.6 is 0 Å². The van der Waals surface area contributed by atoms with E-state index in [-0.39, 0.29) is 11.7 Å². The Morgan fingerprint density at radius 3 is 2.79 bits per heavy atom. The van der Waals surface area contributed by atoms with Crippen molar-refractivity contribution in [3.05, 3.63) is 23.7 Å². The van der Waals surface area contributed by atoms with Gasteiger partial charge in [0.05, 0.1) is 0 Å². The molecule has 1 aromatic rings. The molecular formula is C14H19NO4. The van der Waals surface area contributed by atoms with E-state index in [2.05, 4.69) is 0 Å². The van der Waals surface area contributed by atoms with Gasteiger partial charge in [0, 0.05) is 13.0 Å². The van der Waals surface area contributed by atoms with Crippen molar-refractivity contribution < 1.29 is 19.1 Å². The second kappa shape index (κ2) is 5.91. The van der Waals surface area contributed by atoms with Crippen LogP contribution in [0, 0.1) is 0 Å². The number of hydrogen-bond donors (Lipinski definition) is 1. The highest BCUT2D eigenvalue weighted by molar-refractivity contribution is 5.94. The lowest BCUT2D eigenvalue weighted by Gasteiger charge is -2.25. The Bertz CT molecular complexity index is 466. The summed E-state index contributed by atoms with van der Waals surface area (Å²) in [5.41, 5.74) is 0. The van der Waals surface area contributed by atoms with E-state index in [0.717, 1.165) is 31.4 Å². The van der Waals surface area contributed by atoms with E-state index in [1.165, 1.54) is 4.90 Å². The molecule has 1 amide bonds. The molecule has 5 nitrogen and oxygen atoms in total. The minimum absolute atomic E-state index is 0.241. The van der Waals surface area contributed by atoms with Gasteiger partial charge in [-0.1, -0.05) is 19.8 Å². The fourth-order valence-corrected chi connectivity index (χ4v) is 2.43. The first kappa shape index (κ1) is 13.6. The maximum absolute atomic E-state index is 12.4. The number of aryl methyl sites for hydroxylation is 1. The molecule has 19 heavy (non-hydrogen) atoms. The van der Waals surface area contributed by atoms with Crippen LogP contribution in [0.4, 0.5) is 0 Å². The summed E-state index contributed by atoms with van der Waals surface area (Å²) in [6.45, 7) is 2.43. The van der Waals surface area contributed by atoms with Crippen LogP contribution in [0.2, 0.25) is 0 Å².